The van der Waals surface area contributed by atoms with Crippen LogP contribution in [0.2, 0.25) is 10.0 Å². The van der Waals surface area contributed by atoms with E-state index in [1.54, 1.807) is 18.2 Å². The summed E-state index contributed by atoms with van der Waals surface area (Å²) < 4.78 is 5.76. The summed E-state index contributed by atoms with van der Waals surface area (Å²) in [6, 6.07) is 12.2. The molecule has 2 aromatic rings. The zero-order valence-electron chi connectivity index (χ0n) is 19.4. The van der Waals surface area contributed by atoms with Gasteiger partial charge < -0.3 is 15.0 Å². The Balaban J connectivity index is 2.21. The molecule has 5 nitrogen and oxygen atoms in total. The predicted octanol–water partition coefficient (Wildman–Crippen LogP) is 5.61. The first-order valence-corrected chi connectivity index (χ1v) is 11.6. The molecule has 0 aliphatic rings. The van der Waals surface area contributed by atoms with Gasteiger partial charge in [-0.25, -0.2) is 0 Å². The van der Waals surface area contributed by atoms with E-state index in [9.17, 15) is 9.59 Å². The maximum Gasteiger partial charge on any atom is 0.261 e. The lowest BCUT2D eigenvalue weighted by atomic mass is 9.87. The maximum atomic E-state index is 13.2. The van der Waals surface area contributed by atoms with Crippen LogP contribution in [0.15, 0.2) is 42.5 Å². The van der Waals surface area contributed by atoms with Crippen LogP contribution in [-0.2, 0) is 21.5 Å². The SMILES string of the molecule is CCNC(=O)[C@@H](CC)N(Cc1ccc(Cl)cc1Cl)C(=O)COc1ccc(C(C)(C)C)cc1. The van der Waals surface area contributed by atoms with Crippen molar-refractivity contribution in [2.24, 2.45) is 0 Å². The van der Waals surface area contributed by atoms with E-state index in [0.717, 1.165) is 0 Å². The van der Waals surface area contributed by atoms with Crippen molar-refractivity contribution in [1.29, 1.82) is 0 Å². The molecular weight excluding hydrogens is 447 g/mol. The van der Waals surface area contributed by atoms with Gasteiger partial charge in [0, 0.05) is 23.1 Å². The first-order chi connectivity index (χ1) is 15.1. The molecule has 0 unspecified atom stereocenters. The zero-order chi connectivity index (χ0) is 23.9. The van der Waals surface area contributed by atoms with Crippen molar-refractivity contribution in [3.8, 4) is 5.75 Å². The molecule has 0 saturated heterocycles. The second-order valence-electron chi connectivity index (χ2n) is 8.64. The molecule has 0 saturated carbocycles. The van der Waals surface area contributed by atoms with Gasteiger partial charge in [0.2, 0.25) is 5.91 Å². The Morgan fingerprint density at radius 3 is 2.25 bits per heavy atom. The summed E-state index contributed by atoms with van der Waals surface area (Å²) in [5, 5.41) is 3.76. The molecule has 1 N–H and O–H groups in total. The molecule has 32 heavy (non-hydrogen) atoms. The lowest BCUT2D eigenvalue weighted by Gasteiger charge is -2.30. The van der Waals surface area contributed by atoms with Crippen LogP contribution >= 0.6 is 23.2 Å². The van der Waals surface area contributed by atoms with Crippen LogP contribution in [-0.4, -0.2) is 35.9 Å². The van der Waals surface area contributed by atoms with Crippen molar-refractivity contribution in [1.82, 2.24) is 10.2 Å². The number of likely N-dealkylation sites (N-methyl/N-ethyl adjacent to an activating group) is 1. The summed E-state index contributed by atoms with van der Waals surface area (Å²) in [4.78, 5) is 27.4. The van der Waals surface area contributed by atoms with Crippen LogP contribution in [0.25, 0.3) is 0 Å². The smallest absolute Gasteiger partial charge is 0.261 e. The molecule has 0 aromatic heterocycles. The molecule has 0 bridgehead atoms. The average Bonchev–Trinajstić information content (AvgIpc) is 2.73. The third-order valence-corrected chi connectivity index (χ3v) is 5.76. The lowest BCUT2D eigenvalue weighted by Crippen LogP contribution is -2.50. The normalized spacial score (nSPS) is 12.2. The topological polar surface area (TPSA) is 58.6 Å². The van der Waals surface area contributed by atoms with Gasteiger partial charge in [-0.3, -0.25) is 9.59 Å². The fourth-order valence-corrected chi connectivity index (χ4v) is 3.79. The van der Waals surface area contributed by atoms with Crippen LogP contribution in [0, 0.1) is 0 Å². The van der Waals surface area contributed by atoms with Crippen LogP contribution in [0.5, 0.6) is 5.75 Å². The van der Waals surface area contributed by atoms with E-state index < -0.39 is 6.04 Å². The Labute approximate surface area is 201 Å². The molecule has 2 amide bonds. The fourth-order valence-electron chi connectivity index (χ4n) is 3.32. The number of amides is 2. The number of rotatable bonds is 9. The van der Waals surface area contributed by atoms with Gasteiger partial charge in [0.05, 0.1) is 0 Å². The first-order valence-electron chi connectivity index (χ1n) is 10.8. The number of hydrogen-bond acceptors (Lipinski definition) is 3. The number of nitrogens with one attached hydrogen (secondary N) is 1. The number of hydrogen-bond donors (Lipinski definition) is 1. The Morgan fingerprint density at radius 1 is 1.06 bits per heavy atom. The van der Waals surface area contributed by atoms with Gasteiger partial charge in [0.1, 0.15) is 11.8 Å². The number of benzene rings is 2. The first kappa shape index (κ1) is 26.0. The highest BCUT2D eigenvalue weighted by molar-refractivity contribution is 6.35. The van der Waals surface area contributed by atoms with E-state index in [1.807, 2.05) is 38.1 Å². The predicted molar refractivity (Wildman–Crippen MR) is 130 cm³/mol. The molecule has 0 spiro atoms. The van der Waals surface area contributed by atoms with Crippen molar-refractivity contribution in [2.75, 3.05) is 13.2 Å². The Kier molecular flexibility index (Phi) is 9.41. The number of carbonyl (C=O) groups excluding carboxylic acids is 2. The molecule has 0 heterocycles. The van der Waals surface area contributed by atoms with Gasteiger partial charge in [-0.15, -0.1) is 0 Å². The fraction of sp³-hybridized carbons (Fsp3) is 0.440. The summed E-state index contributed by atoms with van der Waals surface area (Å²) in [6.07, 6.45) is 0.461. The monoisotopic (exact) mass is 478 g/mol. The highest BCUT2D eigenvalue weighted by Gasteiger charge is 2.29. The zero-order valence-corrected chi connectivity index (χ0v) is 20.9. The molecular formula is C25H32Cl2N2O3. The molecule has 174 valence electrons. The molecule has 1 atom stereocenters. The van der Waals surface area contributed by atoms with Crippen molar-refractivity contribution >= 4 is 35.0 Å². The van der Waals surface area contributed by atoms with Gasteiger partial charge in [0.15, 0.2) is 6.61 Å². The Hall–Kier alpha value is -2.24. The third-order valence-electron chi connectivity index (χ3n) is 5.18. The molecule has 0 fully saturated rings. The van der Waals surface area contributed by atoms with Gasteiger partial charge >= 0.3 is 0 Å². The van der Waals surface area contributed by atoms with Crippen molar-refractivity contribution in [3.05, 3.63) is 63.6 Å². The second-order valence-corrected chi connectivity index (χ2v) is 9.48. The van der Waals surface area contributed by atoms with Crippen LogP contribution in [0.3, 0.4) is 0 Å². The minimum atomic E-state index is -0.638. The van der Waals surface area contributed by atoms with Gasteiger partial charge in [0.25, 0.3) is 5.91 Å². The third kappa shape index (κ3) is 7.14. The van der Waals surface area contributed by atoms with E-state index in [-0.39, 0.29) is 30.4 Å². The Bertz CT molecular complexity index is 924. The number of halogens is 2. The molecule has 0 radical (unpaired) electrons. The lowest BCUT2D eigenvalue weighted by molar-refractivity contribution is -0.142. The standard InChI is InChI=1S/C25H32Cl2N2O3/c1-6-22(24(31)28-7-2)29(15-17-8-11-19(26)14-21(17)27)23(30)16-32-20-12-9-18(10-13-20)25(3,4)5/h8-14,22H,6-7,15-16H2,1-5H3,(H,28,31)/t22-/m1/s1. The molecule has 7 heteroatoms. The summed E-state index contributed by atoms with van der Waals surface area (Å²) >= 11 is 12.3. The van der Waals surface area contributed by atoms with Crippen LogP contribution < -0.4 is 10.1 Å². The molecule has 2 rings (SSSR count). The van der Waals surface area contributed by atoms with Gasteiger partial charge in [-0.05, 0) is 54.2 Å². The second kappa shape index (κ2) is 11.6. The number of ether oxygens (including phenoxy) is 1. The minimum absolute atomic E-state index is 0.0317. The van der Waals surface area contributed by atoms with Crippen LogP contribution in [0.1, 0.15) is 52.2 Å². The number of nitrogens with zero attached hydrogens (tertiary/aromatic N) is 1. The maximum absolute atomic E-state index is 13.2. The van der Waals surface area contributed by atoms with Gasteiger partial charge in [-0.1, -0.05) is 69.1 Å². The Morgan fingerprint density at radius 2 is 1.72 bits per heavy atom. The van der Waals surface area contributed by atoms with Crippen molar-refractivity contribution < 1.29 is 14.3 Å². The van der Waals surface area contributed by atoms with Crippen LogP contribution in [0.4, 0.5) is 0 Å². The number of carbonyl (C=O) groups is 2. The minimum Gasteiger partial charge on any atom is -0.484 e. The average molecular weight is 479 g/mol. The summed E-state index contributed by atoms with van der Waals surface area (Å²) in [6.45, 7) is 10.6. The highest BCUT2D eigenvalue weighted by atomic mass is 35.5. The highest BCUT2D eigenvalue weighted by Crippen LogP contribution is 2.25. The van der Waals surface area contributed by atoms with Crippen molar-refractivity contribution in [2.45, 2.75) is 59.0 Å². The largest absolute Gasteiger partial charge is 0.484 e. The van der Waals surface area contributed by atoms with E-state index in [2.05, 4.69) is 26.1 Å². The van der Waals surface area contributed by atoms with E-state index in [4.69, 9.17) is 27.9 Å². The quantitative estimate of drug-likeness (QED) is 0.509. The van der Waals surface area contributed by atoms with Crippen molar-refractivity contribution in [3.63, 3.8) is 0 Å². The van der Waals surface area contributed by atoms with E-state index in [0.29, 0.717) is 34.3 Å². The molecule has 2 aromatic carbocycles. The molecule has 0 aliphatic heterocycles. The van der Waals surface area contributed by atoms with Gasteiger partial charge in [-0.2, -0.15) is 0 Å². The van der Waals surface area contributed by atoms with E-state index in [1.165, 1.54) is 10.5 Å². The summed E-state index contributed by atoms with van der Waals surface area (Å²) in [5.41, 5.74) is 1.92. The molecule has 0 aliphatic carbocycles. The summed E-state index contributed by atoms with van der Waals surface area (Å²) in [7, 11) is 0. The van der Waals surface area contributed by atoms with E-state index >= 15 is 0 Å². The summed E-state index contributed by atoms with van der Waals surface area (Å²) in [5.74, 6) is 0.0962.